The molecule has 2 N–H and O–H groups in total. The zero-order valence-corrected chi connectivity index (χ0v) is 21.7. The van der Waals surface area contributed by atoms with Crippen LogP contribution in [0.15, 0.2) is 60.4 Å². The molecule has 2 aromatic carbocycles. The highest BCUT2D eigenvalue weighted by molar-refractivity contribution is 5.96. The molecule has 1 heterocycles. The molecular formula is C30H36F3N2O3+. The number of phenolic OH excluding ortho intramolecular Hbond substituents is 1. The number of fused-ring (bicyclic) bond motifs is 1. The maximum absolute atomic E-state index is 13.5. The minimum absolute atomic E-state index is 0.203. The van der Waals surface area contributed by atoms with Crippen LogP contribution in [0.5, 0.6) is 5.75 Å². The van der Waals surface area contributed by atoms with Crippen molar-refractivity contribution < 1.29 is 32.3 Å². The number of quaternary nitrogens is 1. The summed E-state index contributed by atoms with van der Waals surface area (Å²) in [6.07, 6.45) is 2.80. The van der Waals surface area contributed by atoms with E-state index in [0.29, 0.717) is 28.3 Å². The van der Waals surface area contributed by atoms with E-state index >= 15 is 0 Å². The van der Waals surface area contributed by atoms with Crippen LogP contribution in [-0.4, -0.2) is 48.2 Å². The van der Waals surface area contributed by atoms with Crippen LogP contribution in [0, 0.1) is 11.8 Å². The Morgan fingerprint density at radius 3 is 2.58 bits per heavy atom. The van der Waals surface area contributed by atoms with Gasteiger partial charge in [-0.25, -0.2) is 0 Å². The highest BCUT2D eigenvalue weighted by Gasteiger charge is 2.56. The Labute approximate surface area is 221 Å². The average Bonchev–Trinajstić information content (AvgIpc) is 3.67. The van der Waals surface area contributed by atoms with E-state index in [2.05, 4.69) is 17.1 Å². The number of aromatic hydroxyl groups is 1. The van der Waals surface area contributed by atoms with E-state index in [1.165, 1.54) is 0 Å². The molecule has 2 aromatic rings. The number of nitrogens with zero attached hydrogens (tertiary/aromatic N) is 1. The number of hydrogen-bond donors (Lipinski definition) is 2. The lowest BCUT2D eigenvalue weighted by Crippen LogP contribution is -2.70. The number of nitrogens with one attached hydrogen (secondary N) is 1. The first-order valence-electron chi connectivity index (χ1n) is 13.5. The van der Waals surface area contributed by atoms with Crippen LogP contribution in [0.3, 0.4) is 0 Å². The second-order valence-electron chi connectivity index (χ2n) is 11.6. The zero-order valence-electron chi connectivity index (χ0n) is 21.7. The Kier molecular flexibility index (Phi) is 7.20. The molecule has 2 unspecified atom stereocenters. The maximum Gasteiger partial charge on any atom is 0.573 e. The van der Waals surface area contributed by atoms with Crippen LogP contribution >= 0.6 is 0 Å². The number of carbonyl (C=O) groups is 1. The Balaban J connectivity index is 1.49. The number of carbonyl (C=O) groups excluding carboxylic acids is 1. The lowest BCUT2D eigenvalue weighted by molar-refractivity contribution is -0.947. The van der Waals surface area contributed by atoms with Crippen LogP contribution in [0.2, 0.25) is 0 Å². The molecule has 2 aliphatic carbocycles. The minimum atomic E-state index is -4.99. The zero-order chi connectivity index (χ0) is 27.0. The van der Waals surface area contributed by atoms with Gasteiger partial charge < -0.3 is 14.3 Å². The number of halogens is 3. The van der Waals surface area contributed by atoms with E-state index in [-0.39, 0.29) is 11.2 Å². The quantitative estimate of drug-likeness (QED) is 0.259. The molecule has 0 bridgehead atoms. The Morgan fingerprint density at radius 1 is 1.13 bits per heavy atom. The summed E-state index contributed by atoms with van der Waals surface area (Å²) >= 11 is 0. The molecule has 0 spiro atoms. The molecule has 204 valence electrons. The molecule has 0 radical (unpaired) electrons. The lowest BCUT2D eigenvalue weighted by atomic mass is 9.58. The van der Waals surface area contributed by atoms with Gasteiger partial charge in [0, 0.05) is 23.7 Å². The van der Waals surface area contributed by atoms with Crippen molar-refractivity contribution in [1.82, 2.24) is 5.32 Å². The topological polar surface area (TPSA) is 58.6 Å². The van der Waals surface area contributed by atoms with Crippen molar-refractivity contribution in [3.8, 4) is 5.75 Å². The molecule has 2 saturated carbocycles. The van der Waals surface area contributed by atoms with Gasteiger partial charge in [-0.15, -0.1) is 13.2 Å². The SMILES string of the molecule is C[N@@+]1(CC2CC2)CC2CCCCC2(c2cccc(O)c2)C[C@H]1NC(=O)C(=Cc1ccccc1)OC(F)(F)F. The number of hydrogen-bond acceptors (Lipinski definition) is 3. The molecule has 1 saturated heterocycles. The Hall–Kier alpha value is -3.00. The standard InChI is InChI=1S/C30H35F3N2O3/c1-35(19-22-13-14-22)20-24-10-5-6-15-29(24,23-11-7-12-25(36)17-23)18-27(35)34-28(37)26(38-30(31,32)33)16-21-8-3-2-4-9-21/h2-4,7-9,11-12,16-17,22,24,27H,5-6,10,13-15,18-20H2,1H3,(H-,34,36,37)/p+1/t24?,27-,29?,35+/m0/s1. The van der Waals surface area contributed by atoms with Crippen LogP contribution in [0.4, 0.5) is 13.2 Å². The van der Waals surface area contributed by atoms with Crippen molar-refractivity contribution in [2.75, 3.05) is 20.1 Å². The summed E-state index contributed by atoms with van der Waals surface area (Å²) in [7, 11) is 2.13. The molecule has 4 atom stereocenters. The summed E-state index contributed by atoms with van der Waals surface area (Å²) in [5.74, 6) is -0.493. The van der Waals surface area contributed by atoms with E-state index in [1.807, 2.05) is 18.2 Å². The molecule has 0 aromatic heterocycles. The maximum atomic E-state index is 13.5. The molecule has 3 fully saturated rings. The van der Waals surface area contributed by atoms with E-state index in [9.17, 15) is 23.1 Å². The first kappa shape index (κ1) is 26.6. The highest BCUT2D eigenvalue weighted by atomic mass is 19.4. The largest absolute Gasteiger partial charge is 0.573 e. The Morgan fingerprint density at radius 2 is 1.89 bits per heavy atom. The minimum Gasteiger partial charge on any atom is -0.508 e. The predicted molar refractivity (Wildman–Crippen MR) is 138 cm³/mol. The van der Waals surface area contributed by atoms with Gasteiger partial charge in [-0.3, -0.25) is 10.1 Å². The second-order valence-corrected chi connectivity index (χ2v) is 11.6. The van der Waals surface area contributed by atoms with E-state index < -0.39 is 24.2 Å². The highest BCUT2D eigenvalue weighted by Crippen LogP contribution is 2.53. The summed E-state index contributed by atoms with van der Waals surface area (Å²) in [5.41, 5.74) is 1.24. The number of rotatable bonds is 7. The number of benzene rings is 2. The van der Waals surface area contributed by atoms with Gasteiger partial charge in [0.05, 0.1) is 20.1 Å². The smallest absolute Gasteiger partial charge is 0.508 e. The molecule has 38 heavy (non-hydrogen) atoms. The molecule has 5 nitrogen and oxygen atoms in total. The van der Waals surface area contributed by atoms with Crippen LogP contribution in [0.25, 0.3) is 6.08 Å². The molecule has 5 rings (SSSR count). The first-order valence-corrected chi connectivity index (χ1v) is 13.5. The fraction of sp³-hybridized carbons (Fsp3) is 0.500. The molecule has 3 aliphatic rings. The third kappa shape index (κ3) is 5.85. The number of piperidine rings is 1. The molecular weight excluding hydrogens is 493 g/mol. The van der Waals surface area contributed by atoms with Gasteiger partial charge >= 0.3 is 6.36 Å². The van der Waals surface area contributed by atoms with Crippen LogP contribution in [0.1, 0.15) is 56.1 Å². The third-order valence-corrected chi connectivity index (χ3v) is 8.79. The van der Waals surface area contributed by atoms with Crippen molar-refractivity contribution in [1.29, 1.82) is 0 Å². The number of amides is 1. The van der Waals surface area contributed by atoms with E-state index in [0.717, 1.165) is 63.3 Å². The number of alkyl halides is 3. The fourth-order valence-corrected chi connectivity index (χ4v) is 6.84. The van der Waals surface area contributed by atoms with Crippen molar-refractivity contribution in [3.63, 3.8) is 0 Å². The van der Waals surface area contributed by atoms with Gasteiger partial charge in [0.25, 0.3) is 5.91 Å². The fourth-order valence-electron chi connectivity index (χ4n) is 6.84. The molecule has 1 aliphatic heterocycles. The van der Waals surface area contributed by atoms with Crippen LogP contribution < -0.4 is 5.32 Å². The van der Waals surface area contributed by atoms with Crippen molar-refractivity contribution in [2.45, 2.75) is 62.9 Å². The number of likely N-dealkylation sites (tertiary alicyclic amines) is 1. The van der Waals surface area contributed by atoms with E-state index in [1.54, 1.807) is 36.4 Å². The summed E-state index contributed by atoms with van der Waals surface area (Å²) in [6, 6.07) is 15.8. The summed E-state index contributed by atoms with van der Waals surface area (Å²) in [5, 5.41) is 13.3. The number of phenols is 1. The van der Waals surface area contributed by atoms with Gasteiger partial charge in [0.2, 0.25) is 0 Å². The average molecular weight is 530 g/mol. The van der Waals surface area contributed by atoms with Gasteiger partial charge in [-0.1, -0.05) is 55.3 Å². The van der Waals surface area contributed by atoms with Crippen molar-refractivity contribution >= 4 is 12.0 Å². The lowest BCUT2D eigenvalue weighted by Gasteiger charge is -2.57. The normalized spacial score (nSPS) is 29.8. The summed E-state index contributed by atoms with van der Waals surface area (Å²) in [4.78, 5) is 13.5. The summed E-state index contributed by atoms with van der Waals surface area (Å²) in [6.45, 7) is 1.71. The third-order valence-electron chi connectivity index (χ3n) is 8.79. The molecule has 8 heteroatoms. The van der Waals surface area contributed by atoms with Crippen molar-refractivity contribution in [2.24, 2.45) is 11.8 Å². The monoisotopic (exact) mass is 529 g/mol. The predicted octanol–water partition coefficient (Wildman–Crippen LogP) is 6.10. The Bertz CT molecular complexity index is 1180. The van der Waals surface area contributed by atoms with Gasteiger partial charge in [-0.05, 0) is 55.0 Å². The number of ether oxygens (including phenoxy) is 1. The van der Waals surface area contributed by atoms with Crippen molar-refractivity contribution in [3.05, 3.63) is 71.5 Å². The summed E-state index contributed by atoms with van der Waals surface area (Å²) < 4.78 is 44.9. The van der Waals surface area contributed by atoms with Gasteiger partial charge in [0.1, 0.15) is 5.75 Å². The van der Waals surface area contributed by atoms with Gasteiger partial charge in [-0.2, -0.15) is 0 Å². The van der Waals surface area contributed by atoms with E-state index in [4.69, 9.17) is 0 Å². The second kappa shape index (κ2) is 10.3. The first-order chi connectivity index (χ1) is 18.1. The molecule has 1 amide bonds. The van der Waals surface area contributed by atoms with Crippen LogP contribution in [-0.2, 0) is 14.9 Å². The van der Waals surface area contributed by atoms with Gasteiger partial charge in [0.15, 0.2) is 11.9 Å².